The molecule has 2 aliphatic rings. The van der Waals surface area contributed by atoms with Crippen LogP contribution in [0.25, 0.3) is 10.2 Å². The lowest BCUT2D eigenvalue weighted by molar-refractivity contribution is 0.471. The Bertz CT molecular complexity index is 570. The van der Waals surface area contributed by atoms with Crippen molar-refractivity contribution in [2.24, 2.45) is 0 Å². The summed E-state index contributed by atoms with van der Waals surface area (Å²) >= 11 is 8.02. The van der Waals surface area contributed by atoms with Gasteiger partial charge in [0.15, 0.2) is 0 Å². The van der Waals surface area contributed by atoms with E-state index >= 15 is 0 Å². The standard InChI is InChI=1S/C13H14ClN3S/c14-8-5-9-1-2-10(6-8)17(9)12-11-3-4-18-13(11)16-7-15-12/h3-4,7-10H,1-2,5-6H2. The van der Waals surface area contributed by atoms with Gasteiger partial charge in [-0.15, -0.1) is 22.9 Å². The van der Waals surface area contributed by atoms with Gasteiger partial charge in [-0.1, -0.05) is 0 Å². The van der Waals surface area contributed by atoms with Crippen LogP contribution in [0, 0.1) is 0 Å². The van der Waals surface area contributed by atoms with E-state index in [1.807, 2.05) is 0 Å². The molecule has 0 spiro atoms. The van der Waals surface area contributed by atoms with Crippen molar-refractivity contribution in [3.8, 4) is 0 Å². The molecule has 0 radical (unpaired) electrons. The van der Waals surface area contributed by atoms with Crippen LogP contribution in [-0.4, -0.2) is 27.4 Å². The molecule has 0 saturated carbocycles. The number of piperidine rings is 1. The molecule has 4 heterocycles. The maximum atomic E-state index is 6.34. The third kappa shape index (κ3) is 1.55. The van der Waals surface area contributed by atoms with Crippen LogP contribution in [0.4, 0.5) is 5.82 Å². The van der Waals surface area contributed by atoms with Crippen molar-refractivity contribution in [3.05, 3.63) is 17.8 Å². The fraction of sp³-hybridized carbons (Fsp3) is 0.538. The van der Waals surface area contributed by atoms with Crippen LogP contribution >= 0.6 is 22.9 Å². The largest absolute Gasteiger partial charge is 0.350 e. The number of hydrogen-bond acceptors (Lipinski definition) is 4. The topological polar surface area (TPSA) is 29.0 Å². The molecule has 0 aliphatic carbocycles. The summed E-state index contributed by atoms with van der Waals surface area (Å²) in [7, 11) is 0. The zero-order chi connectivity index (χ0) is 12.1. The molecular weight excluding hydrogens is 266 g/mol. The second kappa shape index (κ2) is 4.07. The molecule has 2 fully saturated rings. The average molecular weight is 280 g/mol. The van der Waals surface area contributed by atoms with Crippen molar-refractivity contribution in [3.63, 3.8) is 0 Å². The van der Waals surface area contributed by atoms with Crippen LogP contribution in [0.15, 0.2) is 17.8 Å². The average Bonchev–Trinajstić information content (AvgIpc) is 2.92. The smallest absolute Gasteiger partial charge is 0.141 e. The SMILES string of the molecule is ClC1CC2CCC(C1)N2c1ncnc2sccc12. The zero-order valence-corrected chi connectivity index (χ0v) is 11.5. The summed E-state index contributed by atoms with van der Waals surface area (Å²) in [6.07, 6.45) is 6.38. The van der Waals surface area contributed by atoms with Crippen molar-refractivity contribution in [1.29, 1.82) is 0 Å². The number of halogens is 1. The van der Waals surface area contributed by atoms with Gasteiger partial charge in [0.2, 0.25) is 0 Å². The normalized spacial score (nSPS) is 31.2. The van der Waals surface area contributed by atoms with Crippen molar-refractivity contribution in [2.45, 2.75) is 43.1 Å². The highest BCUT2D eigenvalue weighted by Crippen LogP contribution is 2.42. The van der Waals surface area contributed by atoms with Crippen molar-refractivity contribution < 1.29 is 0 Å². The van der Waals surface area contributed by atoms with E-state index in [1.54, 1.807) is 17.7 Å². The fourth-order valence-electron chi connectivity index (χ4n) is 3.44. The number of alkyl halides is 1. The van der Waals surface area contributed by atoms with Crippen LogP contribution in [-0.2, 0) is 0 Å². The summed E-state index contributed by atoms with van der Waals surface area (Å²) in [4.78, 5) is 12.5. The Balaban J connectivity index is 1.81. The van der Waals surface area contributed by atoms with Crippen LogP contribution in [0.1, 0.15) is 25.7 Å². The predicted molar refractivity (Wildman–Crippen MR) is 75.6 cm³/mol. The molecule has 2 unspecified atom stereocenters. The molecule has 18 heavy (non-hydrogen) atoms. The van der Waals surface area contributed by atoms with Gasteiger partial charge >= 0.3 is 0 Å². The Kier molecular flexibility index (Phi) is 2.49. The predicted octanol–water partition coefficient (Wildman–Crippen LogP) is 3.43. The molecule has 2 aliphatic heterocycles. The Morgan fingerprint density at radius 2 is 2.00 bits per heavy atom. The first kappa shape index (κ1) is 11.0. The maximum absolute atomic E-state index is 6.34. The van der Waals surface area contributed by atoms with Gasteiger partial charge in [0.25, 0.3) is 0 Å². The third-order valence-corrected chi connectivity index (χ3v) is 5.34. The summed E-state index contributed by atoms with van der Waals surface area (Å²) in [6.45, 7) is 0. The summed E-state index contributed by atoms with van der Waals surface area (Å²) in [5.41, 5.74) is 0. The molecule has 2 aromatic heterocycles. The Morgan fingerprint density at radius 1 is 1.22 bits per heavy atom. The minimum atomic E-state index is 0.346. The van der Waals surface area contributed by atoms with Crippen LogP contribution in [0.5, 0.6) is 0 Å². The first-order chi connectivity index (χ1) is 8.83. The number of rotatable bonds is 1. The molecule has 94 valence electrons. The molecule has 2 bridgehead atoms. The van der Waals surface area contributed by atoms with Gasteiger partial charge in [-0.25, -0.2) is 9.97 Å². The molecular formula is C13H14ClN3S. The van der Waals surface area contributed by atoms with Crippen molar-refractivity contribution >= 4 is 39.0 Å². The number of nitrogens with zero attached hydrogens (tertiary/aromatic N) is 3. The zero-order valence-electron chi connectivity index (χ0n) is 9.92. The van der Waals surface area contributed by atoms with E-state index in [0.717, 1.165) is 23.5 Å². The van der Waals surface area contributed by atoms with E-state index in [0.29, 0.717) is 17.5 Å². The highest BCUT2D eigenvalue weighted by atomic mass is 35.5. The molecule has 3 nitrogen and oxygen atoms in total. The van der Waals surface area contributed by atoms with Crippen molar-refractivity contribution in [2.75, 3.05) is 4.90 Å². The number of hydrogen-bond donors (Lipinski definition) is 0. The lowest BCUT2D eigenvalue weighted by Crippen LogP contribution is -2.44. The summed E-state index contributed by atoms with van der Waals surface area (Å²) in [5, 5.41) is 3.64. The van der Waals surface area contributed by atoms with Crippen LogP contribution in [0.2, 0.25) is 0 Å². The van der Waals surface area contributed by atoms with Crippen LogP contribution < -0.4 is 4.90 Å². The monoisotopic (exact) mass is 279 g/mol. The maximum Gasteiger partial charge on any atom is 0.141 e. The molecule has 2 saturated heterocycles. The van der Waals surface area contributed by atoms with E-state index in [-0.39, 0.29) is 0 Å². The number of anilines is 1. The Hall–Kier alpha value is -0.870. The van der Waals surface area contributed by atoms with E-state index in [4.69, 9.17) is 11.6 Å². The van der Waals surface area contributed by atoms with Gasteiger partial charge in [-0.3, -0.25) is 0 Å². The van der Waals surface area contributed by atoms with Gasteiger partial charge in [0.05, 0.1) is 5.39 Å². The summed E-state index contributed by atoms with van der Waals surface area (Å²) < 4.78 is 0. The van der Waals surface area contributed by atoms with Gasteiger partial charge in [0, 0.05) is 17.5 Å². The number of thiophene rings is 1. The molecule has 5 heteroatoms. The van der Waals surface area contributed by atoms with Crippen LogP contribution in [0.3, 0.4) is 0 Å². The molecule has 4 rings (SSSR count). The first-order valence-corrected chi connectivity index (χ1v) is 7.75. The highest BCUT2D eigenvalue weighted by molar-refractivity contribution is 7.16. The molecule has 0 N–H and O–H groups in total. The van der Waals surface area contributed by atoms with E-state index < -0.39 is 0 Å². The second-order valence-corrected chi connectivity index (χ2v) is 6.71. The minimum absolute atomic E-state index is 0.346. The van der Waals surface area contributed by atoms with Gasteiger partial charge in [0.1, 0.15) is 17.0 Å². The molecule has 0 amide bonds. The highest BCUT2D eigenvalue weighted by Gasteiger charge is 2.41. The lowest BCUT2D eigenvalue weighted by atomic mass is 10.0. The summed E-state index contributed by atoms with van der Waals surface area (Å²) in [5.74, 6) is 1.12. The molecule has 0 aromatic carbocycles. The number of fused-ring (bicyclic) bond motifs is 3. The first-order valence-electron chi connectivity index (χ1n) is 6.43. The minimum Gasteiger partial charge on any atom is -0.350 e. The van der Waals surface area contributed by atoms with Gasteiger partial charge < -0.3 is 4.90 Å². The van der Waals surface area contributed by atoms with E-state index in [9.17, 15) is 0 Å². The van der Waals surface area contributed by atoms with Gasteiger partial charge in [-0.05, 0) is 37.1 Å². The quantitative estimate of drug-likeness (QED) is 0.749. The van der Waals surface area contributed by atoms with E-state index in [2.05, 4.69) is 26.3 Å². The lowest BCUT2D eigenvalue weighted by Gasteiger charge is -2.38. The van der Waals surface area contributed by atoms with Crippen molar-refractivity contribution in [1.82, 2.24) is 9.97 Å². The van der Waals surface area contributed by atoms with E-state index in [1.165, 1.54) is 18.2 Å². The fourth-order valence-corrected chi connectivity index (χ4v) is 4.58. The Morgan fingerprint density at radius 3 is 2.78 bits per heavy atom. The molecule has 2 aromatic rings. The molecule has 2 atom stereocenters. The second-order valence-electron chi connectivity index (χ2n) is 5.20. The van der Waals surface area contributed by atoms with Gasteiger partial charge in [-0.2, -0.15) is 0 Å². The summed E-state index contributed by atoms with van der Waals surface area (Å²) in [6, 6.07) is 3.29. The third-order valence-electron chi connectivity index (χ3n) is 4.16. The Labute approximate surface area is 115 Å². The number of aromatic nitrogens is 2.